The van der Waals surface area contributed by atoms with Crippen molar-refractivity contribution in [1.29, 1.82) is 0 Å². The highest BCUT2D eigenvalue weighted by atomic mass is 19.3. The fourth-order valence-corrected chi connectivity index (χ4v) is 6.80. The summed E-state index contributed by atoms with van der Waals surface area (Å²) in [7, 11) is 4.30. The van der Waals surface area contributed by atoms with Gasteiger partial charge in [0.25, 0.3) is 5.91 Å². The van der Waals surface area contributed by atoms with Crippen molar-refractivity contribution in [1.82, 2.24) is 5.32 Å². The molecule has 2 aromatic rings. The van der Waals surface area contributed by atoms with Crippen LogP contribution in [0.5, 0.6) is 28.7 Å². The lowest BCUT2D eigenvalue weighted by Gasteiger charge is -2.43. The van der Waals surface area contributed by atoms with Crippen LogP contribution in [0, 0.1) is 11.8 Å². The van der Waals surface area contributed by atoms with E-state index in [2.05, 4.69) is 5.32 Å². The molecular formula is C30H33F2NO13. The number of hydrogen-bond acceptors (Lipinski definition) is 13. The van der Waals surface area contributed by atoms with Gasteiger partial charge in [-0.25, -0.2) is 0 Å². The maximum absolute atomic E-state index is 15.8. The zero-order chi connectivity index (χ0) is 33.1. The number of amides is 1. The second-order valence-corrected chi connectivity index (χ2v) is 11.4. The molecule has 0 saturated carbocycles. The number of hydrogen-bond donors (Lipinski definition) is 5. The van der Waals surface area contributed by atoms with E-state index >= 15 is 8.78 Å². The average Bonchev–Trinajstić information content (AvgIpc) is 3.68. The smallest absolute Gasteiger partial charge is 0.352 e. The summed E-state index contributed by atoms with van der Waals surface area (Å²) in [6.07, 6.45) is -10.7. The van der Waals surface area contributed by atoms with E-state index in [4.69, 9.17) is 33.2 Å². The highest BCUT2D eigenvalue weighted by Gasteiger charge is 2.60. The van der Waals surface area contributed by atoms with Gasteiger partial charge in [-0.2, -0.15) is 8.78 Å². The van der Waals surface area contributed by atoms with Gasteiger partial charge >= 0.3 is 11.9 Å². The molecule has 2 aromatic carbocycles. The molecule has 0 aromatic heterocycles. The molecule has 46 heavy (non-hydrogen) atoms. The summed E-state index contributed by atoms with van der Waals surface area (Å²) < 4.78 is 69.6. The molecule has 1 amide bonds. The molecule has 250 valence electrons. The van der Waals surface area contributed by atoms with Gasteiger partial charge in [0.15, 0.2) is 29.1 Å². The number of rotatable bonds is 8. The maximum atomic E-state index is 15.8. The van der Waals surface area contributed by atoms with E-state index in [1.54, 1.807) is 24.3 Å². The van der Waals surface area contributed by atoms with Gasteiger partial charge in [-0.05, 0) is 41.0 Å². The number of methoxy groups -OCH3 is 3. The molecule has 5 N–H and O–H groups in total. The van der Waals surface area contributed by atoms with Crippen LogP contribution in [-0.4, -0.2) is 110 Å². The number of halogens is 2. The summed E-state index contributed by atoms with van der Waals surface area (Å²) in [5.41, 5.74) is 1.32. The summed E-state index contributed by atoms with van der Waals surface area (Å²) >= 11 is 0. The van der Waals surface area contributed by atoms with E-state index in [0.29, 0.717) is 39.7 Å². The number of benzene rings is 2. The summed E-state index contributed by atoms with van der Waals surface area (Å²) in [5.74, 6) is -8.07. The summed E-state index contributed by atoms with van der Waals surface area (Å²) in [6.45, 7) is -1.31. The summed E-state index contributed by atoms with van der Waals surface area (Å²) in [6, 6.07) is 5.24. The van der Waals surface area contributed by atoms with Crippen molar-refractivity contribution >= 4 is 11.9 Å². The molecule has 14 nitrogen and oxygen atoms in total. The Kier molecular flexibility index (Phi) is 8.35. The van der Waals surface area contributed by atoms with Crippen LogP contribution in [0.1, 0.15) is 28.7 Å². The molecule has 3 aliphatic heterocycles. The average molecular weight is 654 g/mol. The number of ether oxygens (including phenoxy) is 7. The fourth-order valence-electron chi connectivity index (χ4n) is 6.80. The lowest BCUT2D eigenvalue weighted by molar-refractivity contribution is -0.274. The molecule has 0 spiro atoms. The van der Waals surface area contributed by atoms with Gasteiger partial charge in [0, 0.05) is 11.8 Å². The van der Waals surface area contributed by atoms with Crippen LogP contribution in [-0.2, 0) is 19.1 Å². The lowest BCUT2D eigenvalue weighted by atomic mass is 9.65. The monoisotopic (exact) mass is 653 g/mol. The Labute approximate surface area is 260 Å². The Morgan fingerprint density at radius 1 is 0.935 bits per heavy atom. The first kappa shape index (κ1) is 32.0. The van der Waals surface area contributed by atoms with Gasteiger partial charge < -0.3 is 58.9 Å². The number of alkyl halides is 2. The number of aliphatic hydroxyl groups is 4. The molecule has 0 bridgehead atoms. The number of fused-ring (bicyclic) bond motifs is 3. The zero-order valence-corrected chi connectivity index (χ0v) is 24.8. The van der Waals surface area contributed by atoms with Crippen LogP contribution < -0.4 is 29.0 Å². The van der Waals surface area contributed by atoms with E-state index in [9.17, 15) is 30.0 Å². The van der Waals surface area contributed by atoms with Crippen molar-refractivity contribution in [2.75, 3.05) is 41.3 Å². The van der Waals surface area contributed by atoms with Crippen molar-refractivity contribution < 1.29 is 72.0 Å². The first-order valence-corrected chi connectivity index (χ1v) is 14.4. The number of nitrogens with one attached hydrogen (secondary N) is 1. The Bertz CT molecular complexity index is 1490. The molecule has 3 heterocycles. The van der Waals surface area contributed by atoms with Crippen molar-refractivity contribution in [2.45, 2.75) is 48.4 Å². The van der Waals surface area contributed by atoms with E-state index in [-0.39, 0.29) is 19.1 Å². The molecule has 16 heteroatoms. The second-order valence-electron chi connectivity index (χ2n) is 11.4. The van der Waals surface area contributed by atoms with E-state index in [1.807, 2.05) is 0 Å². The fraction of sp³-hybridized carbons (Fsp3) is 0.533. The summed E-state index contributed by atoms with van der Waals surface area (Å²) in [5, 5.41) is 42.3. The molecule has 2 saturated heterocycles. The van der Waals surface area contributed by atoms with Crippen LogP contribution in [0.2, 0.25) is 0 Å². The van der Waals surface area contributed by atoms with Gasteiger partial charge in [-0.15, -0.1) is 0 Å². The molecule has 1 unspecified atom stereocenters. The van der Waals surface area contributed by atoms with Crippen molar-refractivity contribution in [3.05, 3.63) is 41.0 Å². The first-order chi connectivity index (χ1) is 22.0. The predicted octanol–water partition coefficient (Wildman–Crippen LogP) is 0.0108. The molecule has 0 radical (unpaired) electrons. The third kappa shape index (κ3) is 4.95. The molecule has 9 atom stereocenters. The SMILES string of the molecule is COc1cc([C@@H]2c3cc4c(cc3[C@@H](NC(=O)C(F)(F)[C@@H]3O[C@H](CO)[C@@H](O)[C@H](O)[C@H]3O)C3COC(=O)[C@@H]32)OCO4)cc(OC)c1OC. The molecule has 1 aliphatic carbocycles. The molecule has 2 fully saturated rings. The van der Waals surface area contributed by atoms with Gasteiger partial charge in [0.2, 0.25) is 12.5 Å². The molecular weight excluding hydrogens is 620 g/mol. The number of carbonyl (C=O) groups is 2. The zero-order valence-electron chi connectivity index (χ0n) is 24.8. The van der Waals surface area contributed by atoms with Crippen molar-refractivity contribution in [3.8, 4) is 28.7 Å². The van der Waals surface area contributed by atoms with Gasteiger partial charge in [-0.3, -0.25) is 9.59 Å². The summed E-state index contributed by atoms with van der Waals surface area (Å²) in [4.78, 5) is 26.7. The Morgan fingerprint density at radius 2 is 1.57 bits per heavy atom. The van der Waals surface area contributed by atoms with Crippen LogP contribution in [0.15, 0.2) is 24.3 Å². The van der Waals surface area contributed by atoms with Gasteiger partial charge in [-0.1, -0.05) is 0 Å². The Morgan fingerprint density at radius 3 is 2.15 bits per heavy atom. The third-order valence-electron chi connectivity index (χ3n) is 9.07. The standard InChI is InChI=1S/C30H33F2NO13/c1-40-17-4-11(5-18(41-2)26(17)42-3)20-12-6-15-16(45-10-44-15)7-13(12)22(14-9-43-28(38)21(14)20)33-29(39)30(31,32)27-25(37)24(36)23(35)19(8-34)46-27/h4-7,14,19-25,27,34-37H,8-10H2,1-3H3,(H,33,39)/t14?,19-,20-,21+,22-,23-,24+,25-,27-/m1/s1. The highest BCUT2D eigenvalue weighted by molar-refractivity contribution is 5.86. The number of esters is 1. The van der Waals surface area contributed by atoms with Gasteiger partial charge in [0.1, 0.15) is 24.4 Å². The number of aliphatic hydroxyl groups excluding tert-OH is 4. The minimum Gasteiger partial charge on any atom is -0.493 e. The van der Waals surface area contributed by atoms with Crippen LogP contribution >= 0.6 is 0 Å². The van der Waals surface area contributed by atoms with Crippen molar-refractivity contribution in [3.63, 3.8) is 0 Å². The quantitative estimate of drug-likeness (QED) is 0.240. The Balaban J connectivity index is 1.44. The number of cyclic esters (lactones) is 1. The third-order valence-corrected chi connectivity index (χ3v) is 9.07. The second kappa shape index (κ2) is 12.0. The van der Waals surface area contributed by atoms with E-state index in [0.717, 1.165) is 0 Å². The normalized spacial score (nSPS) is 31.4. The van der Waals surface area contributed by atoms with E-state index < -0.39 is 78.7 Å². The van der Waals surface area contributed by atoms with Crippen molar-refractivity contribution in [2.24, 2.45) is 11.8 Å². The van der Waals surface area contributed by atoms with Gasteiger partial charge in [0.05, 0.1) is 46.5 Å². The maximum Gasteiger partial charge on any atom is 0.352 e. The molecule has 4 aliphatic rings. The lowest BCUT2D eigenvalue weighted by Crippen LogP contribution is -2.66. The predicted molar refractivity (Wildman–Crippen MR) is 148 cm³/mol. The largest absolute Gasteiger partial charge is 0.493 e. The highest BCUT2D eigenvalue weighted by Crippen LogP contribution is 2.56. The first-order valence-electron chi connectivity index (χ1n) is 14.4. The number of carbonyl (C=O) groups excluding carboxylic acids is 2. The minimum atomic E-state index is -4.48. The van der Waals surface area contributed by atoms with Crippen LogP contribution in [0.25, 0.3) is 0 Å². The Hall–Kier alpha value is -3.96. The minimum absolute atomic E-state index is 0.117. The molecule has 6 rings (SSSR count). The van der Waals surface area contributed by atoms with E-state index in [1.165, 1.54) is 21.3 Å². The van der Waals surface area contributed by atoms with Crippen LogP contribution in [0.4, 0.5) is 8.78 Å². The van der Waals surface area contributed by atoms with Crippen LogP contribution in [0.3, 0.4) is 0 Å². The topological polar surface area (TPSA) is 192 Å².